The summed E-state index contributed by atoms with van der Waals surface area (Å²) in [5, 5.41) is 28.9. The third-order valence-electron chi connectivity index (χ3n) is 15.8. The standard InChI is InChI=1S/C62H77N9O7/c1-38-13-19-46(20-14-38)56-54-41(4)40(3)32-50(54)71-42(5)68-69-58(71)49(65-56)34-52(73)67-62(26-27-62)47-23-17-43(18-24-47)12-9-10-29-77-30-11-31-78-37-53(74)66-57(61(6,7)8)60(76)70-36-48(72)33-51(70)59(75)64-35-44-15-21-45(22-16-44)55-39(2)25-28-63-55/h13-25,28,48-49,51,57,63,72H,9-12,26-27,29-37H2,1-8H3,(H,64,75)(H,66,74)(H,67,73)/t48?,49?,51-,57+/m0/s1. The lowest BCUT2D eigenvalue weighted by Gasteiger charge is -2.35. The lowest BCUT2D eigenvalue weighted by molar-refractivity contribution is -0.144. The van der Waals surface area contributed by atoms with E-state index in [1.54, 1.807) is 0 Å². The Labute approximate surface area is 458 Å². The molecule has 0 spiro atoms. The first-order chi connectivity index (χ1) is 37.4. The highest BCUT2D eigenvalue weighted by atomic mass is 16.5. The van der Waals surface area contributed by atoms with Crippen molar-refractivity contribution in [3.8, 4) is 11.3 Å². The number of allylic oxidation sites excluding steroid dienone is 4. The van der Waals surface area contributed by atoms with Crippen LogP contribution in [0.2, 0.25) is 0 Å². The maximum Gasteiger partial charge on any atom is 0.246 e. The third kappa shape index (κ3) is 12.8. The highest BCUT2D eigenvalue weighted by Crippen LogP contribution is 2.47. The molecule has 9 rings (SSSR count). The third-order valence-corrected chi connectivity index (χ3v) is 15.8. The molecule has 5 aromatic rings. The van der Waals surface area contributed by atoms with E-state index in [0.717, 1.165) is 94.8 Å². The number of hydrogen-bond acceptors (Lipinski definition) is 10. The number of carbonyl (C=O) groups excluding carboxylic acids is 4. The van der Waals surface area contributed by atoms with Gasteiger partial charge in [0, 0.05) is 74.5 Å². The Kier molecular flexibility index (Phi) is 17.1. The quantitative estimate of drug-likeness (QED) is 0.0421. The number of aliphatic hydroxyl groups is 1. The number of likely N-dealkylation sites (tertiary alicyclic amines) is 1. The van der Waals surface area contributed by atoms with Crippen molar-refractivity contribution in [2.45, 2.75) is 149 Å². The maximum absolute atomic E-state index is 14.0. The monoisotopic (exact) mass is 1060 g/mol. The van der Waals surface area contributed by atoms with Gasteiger partial charge in [-0.1, -0.05) is 105 Å². The zero-order valence-corrected chi connectivity index (χ0v) is 46.6. The number of nitrogens with one attached hydrogen (secondary N) is 4. The Morgan fingerprint density at radius 2 is 1.51 bits per heavy atom. The molecule has 16 heteroatoms. The number of carbonyl (C=O) groups is 4. The van der Waals surface area contributed by atoms with Gasteiger partial charge in [0.05, 0.1) is 23.8 Å². The van der Waals surface area contributed by atoms with Crippen molar-refractivity contribution in [3.63, 3.8) is 0 Å². The fourth-order valence-electron chi connectivity index (χ4n) is 11.0. The molecule has 2 aromatic heterocycles. The minimum Gasteiger partial charge on any atom is -0.391 e. The van der Waals surface area contributed by atoms with Gasteiger partial charge < -0.3 is 40.4 Å². The number of hydrogen-bond donors (Lipinski definition) is 5. The minimum absolute atomic E-state index is 0.00332. The van der Waals surface area contributed by atoms with Crippen LogP contribution in [0.3, 0.4) is 0 Å². The molecule has 1 saturated carbocycles. The molecular weight excluding hydrogens is 983 g/mol. The van der Waals surface area contributed by atoms with Crippen molar-refractivity contribution in [3.05, 3.63) is 147 Å². The van der Waals surface area contributed by atoms with Crippen LogP contribution in [0.5, 0.6) is 0 Å². The second kappa shape index (κ2) is 23.9. The number of aromatic nitrogens is 4. The van der Waals surface area contributed by atoms with Gasteiger partial charge in [-0.15, -0.1) is 10.2 Å². The first-order valence-electron chi connectivity index (χ1n) is 27.7. The van der Waals surface area contributed by atoms with Gasteiger partial charge in [0.25, 0.3) is 0 Å². The van der Waals surface area contributed by atoms with Crippen LogP contribution < -0.4 is 16.0 Å². The van der Waals surface area contributed by atoms with E-state index in [0.29, 0.717) is 32.1 Å². The highest BCUT2D eigenvalue weighted by Gasteiger charge is 2.47. The van der Waals surface area contributed by atoms with Gasteiger partial charge in [-0.3, -0.25) is 28.7 Å². The number of amides is 4. The largest absolute Gasteiger partial charge is 0.391 e. The summed E-state index contributed by atoms with van der Waals surface area (Å²) >= 11 is 0. The molecule has 412 valence electrons. The molecule has 4 amide bonds. The SMILES string of the molecule is CC1=C(C)C2=C(C1)n1c(C)nnc1C(CC(=O)NC1(c3ccc(CCCCOCCCOCC(=O)N[C@H](C(=O)N4CC(O)C[C@H]4C(=O)NCc4ccc(-c5[nH]ccc5C)cc4)C(C)(C)C)cc3)CC1)N=C2c1ccc(C)cc1. The van der Waals surface area contributed by atoms with Crippen molar-refractivity contribution >= 4 is 35.0 Å². The van der Waals surface area contributed by atoms with Gasteiger partial charge in [0.15, 0.2) is 5.82 Å². The Hall–Kier alpha value is -7.01. The first kappa shape index (κ1) is 55.7. The maximum atomic E-state index is 14.0. The normalized spacial score (nSPS) is 19.0. The summed E-state index contributed by atoms with van der Waals surface area (Å²) in [6, 6.07) is 24.7. The summed E-state index contributed by atoms with van der Waals surface area (Å²) < 4.78 is 13.7. The first-order valence-corrected chi connectivity index (χ1v) is 27.7. The van der Waals surface area contributed by atoms with Gasteiger partial charge in [-0.25, -0.2) is 0 Å². The molecule has 0 bridgehead atoms. The van der Waals surface area contributed by atoms with E-state index < -0.39 is 41.5 Å². The zero-order chi connectivity index (χ0) is 55.3. The molecular formula is C62H77N9O7. The second-order valence-corrected chi connectivity index (χ2v) is 22.9. The number of fused-ring (bicyclic) bond motifs is 2. The van der Waals surface area contributed by atoms with Crippen molar-refractivity contribution in [2.24, 2.45) is 10.4 Å². The number of aryl methyl sites for hydroxylation is 4. The number of aromatic amines is 1. The van der Waals surface area contributed by atoms with E-state index in [2.05, 4.69) is 105 Å². The summed E-state index contributed by atoms with van der Waals surface area (Å²) in [6.45, 7) is 17.4. The van der Waals surface area contributed by atoms with Crippen molar-refractivity contribution < 1.29 is 33.8 Å². The van der Waals surface area contributed by atoms with Crippen LogP contribution in [0.25, 0.3) is 17.0 Å². The zero-order valence-electron chi connectivity index (χ0n) is 46.6. The van der Waals surface area contributed by atoms with E-state index in [1.807, 2.05) is 71.1 Å². The molecule has 2 fully saturated rings. The van der Waals surface area contributed by atoms with Crippen LogP contribution in [0.1, 0.15) is 137 Å². The van der Waals surface area contributed by atoms with Crippen LogP contribution in [-0.4, -0.2) is 110 Å². The average molecular weight is 1060 g/mol. The number of ether oxygens (including phenoxy) is 2. The van der Waals surface area contributed by atoms with E-state index >= 15 is 0 Å². The summed E-state index contributed by atoms with van der Waals surface area (Å²) in [4.78, 5) is 64.6. The van der Waals surface area contributed by atoms with Crippen LogP contribution in [0.15, 0.2) is 107 Å². The Balaban J connectivity index is 0.673. The summed E-state index contributed by atoms with van der Waals surface area (Å²) in [5.74, 6) is 0.216. The predicted molar refractivity (Wildman–Crippen MR) is 301 cm³/mol. The molecule has 3 aromatic carbocycles. The van der Waals surface area contributed by atoms with E-state index in [-0.39, 0.29) is 49.9 Å². The lowest BCUT2D eigenvalue weighted by atomic mass is 9.85. The van der Waals surface area contributed by atoms with Gasteiger partial charge >= 0.3 is 0 Å². The van der Waals surface area contributed by atoms with Crippen LogP contribution >= 0.6 is 0 Å². The molecule has 4 heterocycles. The molecule has 0 radical (unpaired) electrons. The Morgan fingerprint density at radius 1 is 0.821 bits per heavy atom. The van der Waals surface area contributed by atoms with E-state index in [4.69, 9.17) is 14.5 Å². The number of unbranched alkanes of at least 4 members (excludes halogenated alkanes) is 1. The topological polar surface area (TPSA) is 205 Å². The number of benzene rings is 3. The molecule has 4 aliphatic rings. The molecule has 4 atom stereocenters. The molecule has 2 aliphatic heterocycles. The lowest BCUT2D eigenvalue weighted by Crippen LogP contribution is -2.58. The molecule has 1 saturated heterocycles. The minimum atomic E-state index is -0.944. The molecule has 78 heavy (non-hydrogen) atoms. The predicted octanol–water partition coefficient (Wildman–Crippen LogP) is 8.44. The van der Waals surface area contributed by atoms with Gasteiger partial charge in [-0.2, -0.15) is 0 Å². The fraction of sp³-hybridized carbons (Fsp3) is 0.468. The number of rotatable bonds is 22. The van der Waals surface area contributed by atoms with Gasteiger partial charge in [-0.05, 0) is 118 Å². The number of aliphatic hydroxyl groups excluding tert-OH is 1. The number of H-pyrrole nitrogens is 1. The van der Waals surface area contributed by atoms with Crippen LogP contribution in [0, 0.1) is 26.2 Å². The highest BCUT2D eigenvalue weighted by molar-refractivity contribution is 6.19. The van der Waals surface area contributed by atoms with Crippen molar-refractivity contribution in [2.75, 3.05) is 33.0 Å². The summed E-state index contributed by atoms with van der Waals surface area (Å²) in [7, 11) is 0. The smallest absolute Gasteiger partial charge is 0.246 e. The molecule has 2 unspecified atom stereocenters. The van der Waals surface area contributed by atoms with Crippen LogP contribution in [0.4, 0.5) is 0 Å². The fourth-order valence-corrected chi connectivity index (χ4v) is 11.0. The van der Waals surface area contributed by atoms with Crippen molar-refractivity contribution in [1.82, 2.24) is 40.6 Å². The van der Waals surface area contributed by atoms with E-state index in [1.165, 1.54) is 27.2 Å². The number of β-amino-alcohol motifs (C(OH)–C–C–N with tert-alkyl or cyclic N) is 1. The molecule has 5 N–H and O–H groups in total. The van der Waals surface area contributed by atoms with Gasteiger partial charge in [0.2, 0.25) is 23.6 Å². The molecule has 16 nitrogen and oxygen atoms in total. The van der Waals surface area contributed by atoms with E-state index in [9.17, 15) is 24.3 Å². The second-order valence-electron chi connectivity index (χ2n) is 22.9. The summed E-state index contributed by atoms with van der Waals surface area (Å²) in [5.41, 5.74) is 13.3. The molecule has 2 aliphatic carbocycles. The number of nitrogens with zero attached hydrogens (tertiary/aromatic N) is 5. The average Bonchev–Trinajstić information content (AvgIpc) is 3.82. The van der Waals surface area contributed by atoms with Gasteiger partial charge in [0.1, 0.15) is 30.6 Å². The Bertz CT molecular complexity index is 3080. The van der Waals surface area contributed by atoms with Crippen LogP contribution in [-0.2, 0) is 47.2 Å². The Morgan fingerprint density at radius 3 is 2.21 bits per heavy atom. The summed E-state index contributed by atoms with van der Waals surface area (Å²) in [6.07, 6.45) is 7.22. The van der Waals surface area contributed by atoms with Crippen molar-refractivity contribution in [1.29, 1.82) is 0 Å². The number of aliphatic imine (C=N–C) groups is 1.